The first-order valence-electron chi connectivity index (χ1n) is 8.53. The molecule has 3 N–H and O–H groups in total. The average molecular weight is 365 g/mol. The molecule has 0 aromatic rings. The molecular weight excluding hydrogens is 342 g/mol. The van der Waals surface area contributed by atoms with Crippen LogP contribution < -0.4 is 10.6 Å². The smallest absolute Gasteiger partial charge is 0.341 e. The van der Waals surface area contributed by atoms with E-state index in [4.69, 9.17) is 4.74 Å². The lowest BCUT2D eigenvalue weighted by Crippen LogP contribution is -2.53. The van der Waals surface area contributed by atoms with Gasteiger partial charge in [0.05, 0.1) is 6.61 Å². The maximum atomic E-state index is 12.5. The summed E-state index contributed by atoms with van der Waals surface area (Å²) in [5.41, 5.74) is -1.36. The molecule has 1 aliphatic carbocycles. The Hall–Kier alpha value is -2.71. The summed E-state index contributed by atoms with van der Waals surface area (Å²) in [6.45, 7) is 1.15. The van der Waals surface area contributed by atoms with Gasteiger partial charge in [0.2, 0.25) is 5.91 Å². The Balaban J connectivity index is 2.15. The molecule has 3 amide bonds. The van der Waals surface area contributed by atoms with Crippen LogP contribution in [0.15, 0.2) is 17.1 Å². The van der Waals surface area contributed by atoms with Crippen LogP contribution in [0, 0.1) is 5.92 Å². The van der Waals surface area contributed by atoms with Crippen LogP contribution in [0.1, 0.15) is 39.0 Å². The number of hydrogen-bond donors (Lipinski definition) is 3. The van der Waals surface area contributed by atoms with Crippen LogP contribution in [0.25, 0.3) is 0 Å². The molecule has 1 heterocycles. The van der Waals surface area contributed by atoms with Crippen LogP contribution >= 0.6 is 0 Å². The number of carbonyl (C=O) groups excluding carboxylic acids is 3. The molecule has 0 aromatic carbocycles. The Morgan fingerprint density at radius 2 is 2.15 bits per heavy atom. The zero-order chi connectivity index (χ0) is 19.2. The van der Waals surface area contributed by atoms with E-state index in [-0.39, 0.29) is 18.9 Å². The minimum Gasteiger partial charge on any atom is -0.479 e. The molecule has 0 spiro atoms. The second kappa shape index (κ2) is 8.59. The Morgan fingerprint density at radius 3 is 2.85 bits per heavy atom. The van der Waals surface area contributed by atoms with E-state index in [0.29, 0.717) is 12.8 Å². The predicted molar refractivity (Wildman–Crippen MR) is 91.7 cm³/mol. The molecule has 0 aromatic heterocycles. The van der Waals surface area contributed by atoms with E-state index >= 15 is 0 Å². The topological polar surface area (TPSA) is 134 Å². The molecule has 1 fully saturated rings. The standard InChI is InChI=1S/C17H23N3O6/c1-11(21)26-9-7-13-14(22)20-17(15(23)24)10-12(17)6-4-2-3-5-8-18-16(25)19-13/h4,6,8,12-13H,2-3,5,7,9-10H2,1H3,(H,19,25)(H,20,22)(H,23,24)/b6-4-,18-8?/t12-,13+,17-/m1/s1. The van der Waals surface area contributed by atoms with Crippen LogP contribution in [0.3, 0.4) is 0 Å². The molecule has 2 aliphatic rings. The second-order valence-corrected chi connectivity index (χ2v) is 6.38. The number of urea groups is 1. The van der Waals surface area contributed by atoms with E-state index in [1.807, 2.05) is 12.2 Å². The van der Waals surface area contributed by atoms with Crippen molar-refractivity contribution in [2.24, 2.45) is 10.9 Å². The zero-order valence-corrected chi connectivity index (χ0v) is 14.6. The van der Waals surface area contributed by atoms with Crippen molar-refractivity contribution in [2.45, 2.75) is 50.6 Å². The van der Waals surface area contributed by atoms with Gasteiger partial charge in [-0.25, -0.2) is 14.6 Å². The van der Waals surface area contributed by atoms with Crippen molar-refractivity contribution in [3.63, 3.8) is 0 Å². The number of nitrogens with one attached hydrogen (secondary N) is 2. The van der Waals surface area contributed by atoms with Crippen molar-refractivity contribution in [2.75, 3.05) is 6.61 Å². The van der Waals surface area contributed by atoms with Crippen LogP contribution in [-0.4, -0.2) is 53.4 Å². The first-order valence-corrected chi connectivity index (χ1v) is 8.53. The summed E-state index contributed by atoms with van der Waals surface area (Å²) in [7, 11) is 0. The second-order valence-electron chi connectivity index (χ2n) is 6.38. The number of amides is 3. The molecular formula is C17H23N3O6. The fourth-order valence-corrected chi connectivity index (χ4v) is 2.78. The number of fused-ring (bicyclic) bond motifs is 1. The van der Waals surface area contributed by atoms with Gasteiger partial charge in [-0.1, -0.05) is 12.2 Å². The molecule has 2 rings (SSSR count). The molecule has 142 valence electrons. The number of carbonyl (C=O) groups is 4. The van der Waals surface area contributed by atoms with Gasteiger partial charge in [0.15, 0.2) is 0 Å². The largest absolute Gasteiger partial charge is 0.479 e. The lowest BCUT2D eigenvalue weighted by molar-refractivity contribution is -0.144. The third-order valence-corrected chi connectivity index (χ3v) is 4.35. The lowest BCUT2D eigenvalue weighted by atomic mass is 10.1. The predicted octanol–water partition coefficient (Wildman–Crippen LogP) is 0.788. The summed E-state index contributed by atoms with van der Waals surface area (Å²) in [6, 6.07) is -1.75. The Kier molecular flexibility index (Phi) is 6.48. The van der Waals surface area contributed by atoms with Crippen molar-refractivity contribution in [3.05, 3.63) is 12.2 Å². The van der Waals surface area contributed by atoms with E-state index in [1.165, 1.54) is 13.1 Å². The summed E-state index contributed by atoms with van der Waals surface area (Å²) in [4.78, 5) is 50.7. The monoisotopic (exact) mass is 365 g/mol. The van der Waals surface area contributed by atoms with E-state index in [0.717, 1.165) is 12.8 Å². The first-order chi connectivity index (χ1) is 12.3. The van der Waals surface area contributed by atoms with E-state index in [1.54, 1.807) is 0 Å². The summed E-state index contributed by atoms with van der Waals surface area (Å²) >= 11 is 0. The number of nitrogens with zero attached hydrogens (tertiary/aromatic N) is 1. The number of carboxylic acid groups (broad SMARTS) is 1. The maximum absolute atomic E-state index is 12.5. The maximum Gasteiger partial charge on any atom is 0.341 e. The lowest BCUT2D eigenvalue weighted by Gasteiger charge is -2.21. The van der Waals surface area contributed by atoms with Crippen molar-refractivity contribution in [1.82, 2.24) is 10.6 Å². The molecule has 0 unspecified atom stereocenters. The van der Waals surface area contributed by atoms with Gasteiger partial charge >= 0.3 is 18.0 Å². The van der Waals surface area contributed by atoms with Crippen molar-refractivity contribution in [3.8, 4) is 0 Å². The molecule has 0 saturated heterocycles. The summed E-state index contributed by atoms with van der Waals surface area (Å²) in [5.74, 6) is -2.55. The van der Waals surface area contributed by atoms with Crippen LogP contribution in [0.5, 0.6) is 0 Å². The highest BCUT2D eigenvalue weighted by Crippen LogP contribution is 2.45. The normalized spacial score (nSPS) is 30.2. The fourth-order valence-electron chi connectivity index (χ4n) is 2.78. The summed E-state index contributed by atoms with van der Waals surface area (Å²) < 4.78 is 4.81. The number of carboxylic acids is 1. The molecule has 9 nitrogen and oxygen atoms in total. The number of aliphatic imine (C=N–C) groups is 1. The third kappa shape index (κ3) is 5.14. The molecule has 1 aliphatic heterocycles. The first kappa shape index (κ1) is 19.6. The van der Waals surface area contributed by atoms with Gasteiger partial charge in [0, 0.05) is 25.5 Å². The molecule has 1 saturated carbocycles. The quantitative estimate of drug-likeness (QED) is 0.498. The molecule has 26 heavy (non-hydrogen) atoms. The number of ether oxygens (including phenoxy) is 1. The Morgan fingerprint density at radius 1 is 1.38 bits per heavy atom. The highest BCUT2D eigenvalue weighted by atomic mass is 16.5. The van der Waals surface area contributed by atoms with E-state index in [9.17, 15) is 24.3 Å². The number of hydrogen-bond acceptors (Lipinski definition) is 5. The molecule has 0 radical (unpaired) electrons. The van der Waals surface area contributed by atoms with Crippen molar-refractivity contribution >= 4 is 30.1 Å². The molecule has 3 atom stereocenters. The van der Waals surface area contributed by atoms with Gasteiger partial charge in [-0.3, -0.25) is 9.59 Å². The third-order valence-electron chi connectivity index (χ3n) is 4.35. The van der Waals surface area contributed by atoms with E-state index in [2.05, 4.69) is 15.6 Å². The highest BCUT2D eigenvalue weighted by Gasteiger charge is 2.60. The molecule has 9 heteroatoms. The van der Waals surface area contributed by atoms with Crippen molar-refractivity contribution < 1.29 is 29.0 Å². The van der Waals surface area contributed by atoms with E-state index < -0.39 is 35.5 Å². The van der Waals surface area contributed by atoms with Gasteiger partial charge in [-0.05, 0) is 25.7 Å². The number of aliphatic carboxylic acids is 1. The van der Waals surface area contributed by atoms with Gasteiger partial charge in [0.1, 0.15) is 11.6 Å². The van der Waals surface area contributed by atoms with Crippen LogP contribution in [-0.2, 0) is 19.1 Å². The minimum absolute atomic E-state index is 0.0167. The Bertz CT molecular complexity index is 644. The average Bonchev–Trinajstić information content (AvgIpc) is 3.26. The number of rotatable bonds is 4. The fraction of sp³-hybridized carbons (Fsp3) is 0.588. The molecule has 0 bridgehead atoms. The van der Waals surface area contributed by atoms with Crippen LogP contribution in [0.2, 0.25) is 0 Å². The van der Waals surface area contributed by atoms with Gasteiger partial charge < -0.3 is 20.5 Å². The highest BCUT2D eigenvalue weighted by molar-refractivity contribution is 5.95. The zero-order valence-electron chi connectivity index (χ0n) is 14.6. The van der Waals surface area contributed by atoms with Gasteiger partial charge in [-0.15, -0.1) is 0 Å². The van der Waals surface area contributed by atoms with Crippen molar-refractivity contribution in [1.29, 1.82) is 0 Å². The Labute approximate surface area is 150 Å². The number of esters is 1. The SMILES string of the molecule is CC(=O)OCC[C@@H]1NC(=O)N=CCCC/C=C\[C@@H]2C[C@@]2(C(=O)O)NC1=O. The summed E-state index contributed by atoms with van der Waals surface area (Å²) in [6.07, 6.45) is 7.60. The van der Waals surface area contributed by atoms with Gasteiger partial charge in [0.25, 0.3) is 0 Å². The summed E-state index contributed by atoms with van der Waals surface area (Å²) in [5, 5.41) is 14.5. The van der Waals surface area contributed by atoms with Gasteiger partial charge in [-0.2, -0.15) is 0 Å². The number of allylic oxidation sites excluding steroid dienone is 1. The van der Waals surface area contributed by atoms with Crippen LogP contribution in [0.4, 0.5) is 4.79 Å². The minimum atomic E-state index is -1.36.